The third-order valence-electron chi connectivity index (χ3n) is 1.07. The summed E-state index contributed by atoms with van der Waals surface area (Å²) < 4.78 is 7.07. The monoisotopic (exact) mass is 139 g/mol. The van der Waals surface area contributed by atoms with E-state index < -0.39 is 4.92 Å². The first-order chi connectivity index (χ1) is 5.11. The third-order valence-corrected chi connectivity index (χ3v) is 1.07. The lowest BCUT2D eigenvalue weighted by atomic mass is 10.3. The second kappa shape index (κ2) is 2.34. The van der Waals surface area contributed by atoms with Gasteiger partial charge in [-0.1, -0.05) is 12.1 Å². The molecule has 0 saturated heterocycles. The molecule has 0 bridgehead atoms. The Hall–Kier alpha value is -1.58. The van der Waals surface area contributed by atoms with Gasteiger partial charge in [0.05, 0.1) is 6.29 Å². The van der Waals surface area contributed by atoms with Crippen LogP contribution in [0.25, 0.3) is 0 Å². The van der Waals surface area contributed by atoms with Gasteiger partial charge in [-0.05, 0) is 6.07 Å². The quantitative estimate of drug-likeness (QED) is 0.360. The van der Waals surface area contributed by atoms with Crippen LogP contribution in [0.1, 0.15) is 1.37 Å². The average molecular weight is 139 g/mol. The van der Waals surface area contributed by atoms with Gasteiger partial charge in [0.25, 0.3) is 5.69 Å². The fraction of sp³-hybridized carbons (Fsp3) is 0. The van der Waals surface area contributed by atoms with Gasteiger partial charge in [-0.2, -0.15) is 0 Å². The highest BCUT2D eigenvalue weighted by Gasteiger charge is 2.07. The molecule has 0 radical (unpaired) electrons. The minimum absolute atomic E-state index is 0.0301. The molecule has 0 aliphatic carbocycles. The van der Waals surface area contributed by atoms with Crippen molar-refractivity contribution in [2.24, 2.45) is 0 Å². The zero-order valence-electron chi connectivity index (χ0n) is 6.07. The summed E-state index contributed by atoms with van der Waals surface area (Å²) in [5.41, 5.74) is 5.14. The lowest BCUT2D eigenvalue weighted by Gasteiger charge is -1.92. The molecular formula is C6H6N2O2. The second-order valence-corrected chi connectivity index (χ2v) is 1.74. The molecule has 0 spiro atoms. The predicted octanol–water partition coefficient (Wildman–Crippen LogP) is 1.18. The molecule has 1 aromatic carbocycles. The first kappa shape index (κ1) is 5.22. The Morgan fingerprint density at radius 2 is 2.40 bits per heavy atom. The molecule has 1 rings (SSSR count). The fourth-order valence-corrected chi connectivity index (χ4v) is 0.601. The maximum absolute atomic E-state index is 10.2. The summed E-state index contributed by atoms with van der Waals surface area (Å²) in [6, 6.07) is 3.97. The van der Waals surface area contributed by atoms with Crippen LogP contribution in [-0.4, -0.2) is 4.92 Å². The number of anilines is 1. The number of nitrogens with two attached hydrogens (primary N) is 1. The Kier molecular flexibility index (Phi) is 1.23. The van der Waals surface area contributed by atoms with Crippen molar-refractivity contribution in [3.05, 3.63) is 34.4 Å². The van der Waals surface area contributed by atoms with E-state index in [1.54, 1.807) is 0 Å². The predicted molar refractivity (Wildman–Crippen MR) is 37.5 cm³/mol. The molecule has 2 N–H and O–H groups in total. The molecule has 0 unspecified atom stereocenters. The number of nitro benzene ring substituents is 1. The van der Waals surface area contributed by atoms with Crippen LogP contribution < -0.4 is 5.73 Å². The smallest absolute Gasteiger partial charge is 0.292 e. The van der Waals surface area contributed by atoms with Crippen molar-refractivity contribution in [3.63, 3.8) is 0 Å². The number of rotatable bonds is 1. The second-order valence-electron chi connectivity index (χ2n) is 1.74. The Morgan fingerprint density at radius 1 is 1.70 bits per heavy atom. The number of hydrogen-bond acceptors (Lipinski definition) is 3. The summed E-state index contributed by atoms with van der Waals surface area (Å²) in [6.45, 7) is 0. The van der Waals surface area contributed by atoms with Gasteiger partial charge in [-0.3, -0.25) is 10.1 Å². The van der Waals surface area contributed by atoms with E-state index in [4.69, 9.17) is 7.10 Å². The summed E-state index contributed by atoms with van der Waals surface area (Å²) in [4.78, 5) is 9.62. The Morgan fingerprint density at radius 3 is 2.90 bits per heavy atom. The third kappa shape index (κ3) is 1.05. The van der Waals surface area contributed by atoms with E-state index in [-0.39, 0.29) is 17.4 Å². The first-order valence-electron chi connectivity index (χ1n) is 3.12. The lowest BCUT2D eigenvalue weighted by molar-refractivity contribution is -0.383. The summed E-state index contributed by atoms with van der Waals surface area (Å²) in [7, 11) is 0. The molecule has 0 fully saturated rings. The molecule has 0 aliphatic rings. The SMILES string of the molecule is [2H]c1ccc([N+](=O)[O-])c(N)c1. The van der Waals surface area contributed by atoms with E-state index in [1.807, 2.05) is 0 Å². The van der Waals surface area contributed by atoms with Gasteiger partial charge in [0, 0.05) is 6.07 Å². The van der Waals surface area contributed by atoms with E-state index in [0.29, 0.717) is 0 Å². The van der Waals surface area contributed by atoms with Crippen molar-refractivity contribution >= 4 is 11.4 Å². The number of nitrogen functional groups attached to an aromatic ring is 1. The van der Waals surface area contributed by atoms with E-state index in [1.165, 1.54) is 18.2 Å². The van der Waals surface area contributed by atoms with E-state index in [2.05, 4.69) is 0 Å². The Balaban J connectivity index is 3.20. The van der Waals surface area contributed by atoms with Crippen molar-refractivity contribution in [1.29, 1.82) is 0 Å². The van der Waals surface area contributed by atoms with Gasteiger partial charge in [0.15, 0.2) is 0 Å². The van der Waals surface area contributed by atoms with Crippen LogP contribution in [0.4, 0.5) is 11.4 Å². The molecule has 1 aromatic rings. The van der Waals surface area contributed by atoms with Gasteiger partial charge < -0.3 is 5.73 Å². The van der Waals surface area contributed by atoms with E-state index in [9.17, 15) is 10.1 Å². The van der Waals surface area contributed by atoms with Gasteiger partial charge in [0.1, 0.15) is 5.69 Å². The molecule has 10 heavy (non-hydrogen) atoms. The first-order valence-corrected chi connectivity index (χ1v) is 2.62. The minimum atomic E-state index is -0.575. The van der Waals surface area contributed by atoms with Crippen molar-refractivity contribution < 1.29 is 6.29 Å². The molecule has 0 aromatic heterocycles. The summed E-state index contributed by atoms with van der Waals surface area (Å²) in [5, 5.41) is 10.2. The molecule has 4 heteroatoms. The summed E-state index contributed by atoms with van der Waals surface area (Å²) in [5.74, 6) is 0. The lowest BCUT2D eigenvalue weighted by Crippen LogP contribution is -1.93. The number of hydrogen-bond donors (Lipinski definition) is 1. The number of nitro groups is 1. The maximum atomic E-state index is 10.2. The standard InChI is InChI=1S/C6H6N2O2/c7-5-3-1-2-4-6(5)8(9)10/h1-4H,7H2/i1D. The van der Waals surface area contributed by atoms with Crippen LogP contribution in [0.2, 0.25) is 0 Å². The summed E-state index contributed by atoms with van der Waals surface area (Å²) >= 11 is 0. The molecule has 4 nitrogen and oxygen atoms in total. The number of para-hydroxylation sites is 2. The number of nitrogens with zero attached hydrogens (tertiary/aromatic N) is 1. The maximum Gasteiger partial charge on any atom is 0.292 e. The van der Waals surface area contributed by atoms with Crippen molar-refractivity contribution in [2.75, 3.05) is 5.73 Å². The molecule has 0 atom stereocenters. The highest BCUT2D eigenvalue weighted by molar-refractivity contribution is 5.57. The molecule has 0 heterocycles. The normalized spacial score (nSPS) is 10.6. The van der Waals surface area contributed by atoms with Crippen molar-refractivity contribution in [2.45, 2.75) is 0 Å². The molecular weight excluding hydrogens is 132 g/mol. The van der Waals surface area contributed by atoms with Crippen LogP contribution in [-0.2, 0) is 0 Å². The fourth-order valence-electron chi connectivity index (χ4n) is 0.601. The minimum Gasteiger partial charge on any atom is -0.393 e. The zero-order chi connectivity index (χ0) is 8.43. The van der Waals surface area contributed by atoms with Crippen molar-refractivity contribution in [1.82, 2.24) is 0 Å². The van der Waals surface area contributed by atoms with Gasteiger partial charge >= 0.3 is 0 Å². The van der Waals surface area contributed by atoms with Crippen LogP contribution in [0.3, 0.4) is 0 Å². The van der Waals surface area contributed by atoms with E-state index >= 15 is 0 Å². The van der Waals surface area contributed by atoms with Gasteiger partial charge in [-0.25, -0.2) is 0 Å². The highest BCUT2D eigenvalue weighted by Crippen LogP contribution is 2.18. The van der Waals surface area contributed by atoms with Crippen molar-refractivity contribution in [3.8, 4) is 0 Å². The topological polar surface area (TPSA) is 69.2 Å². The summed E-state index contributed by atoms with van der Waals surface area (Å²) in [6.07, 6.45) is 0. The largest absolute Gasteiger partial charge is 0.393 e. The zero-order valence-corrected chi connectivity index (χ0v) is 5.07. The van der Waals surface area contributed by atoms with Crippen LogP contribution in [0.5, 0.6) is 0 Å². The van der Waals surface area contributed by atoms with Crippen LogP contribution in [0, 0.1) is 10.1 Å². The highest BCUT2D eigenvalue weighted by atomic mass is 16.6. The average Bonchev–Trinajstić information content (AvgIpc) is 1.85. The molecule has 0 saturated carbocycles. The molecule has 0 aliphatic heterocycles. The van der Waals surface area contributed by atoms with Gasteiger partial charge in [0.2, 0.25) is 0 Å². The van der Waals surface area contributed by atoms with Crippen LogP contribution in [0.15, 0.2) is 24.2 Å². The number of benzene rings is 1. The van der Waals surface area contributed by atoms with E-state index in [0.717, 1.165) is 0 Å². The van der Waals surface area contributed by atoms with Gasteiger partial charge in [-0.15, -0.1) is 0 Å². The molecule has 52 valence electrons. The molecule has 0 amide bonds. The Bertz CT molecular complexity index is 301. The Labute approximate surface area is 58.8 Å². The van der Waals surface area contributed by atoms with Crippen LogP contribution >= 0.6 is 0 Å².